The minimum absolute atomic E-state index is 0.0163. The van der Waals surface area contributed by atoms with Crippen LogP contribution in [-0.2, 0) is 22.5 Å². The molecule has 3 aromatic rings. The summed E-state index contributed by atoms with van der Waals surface area (Å²) in [4.78, 5) is 49.8. The van der Waals surface area contributed by atoms with Crippen molar-refractivity contribution in [2.45, 2.75) is 45.6 Å². The van der Waals surface area contributed by atoms with Gasteiger partial charge in [0.05, 0.1) is 5.39 Å². The maximum Gasteiger partial charge on any atom is 0.359 e. The molecule has 0 unspecified atom stereocenters. The van der Waals surface area contributed by atoms with Crippen LogP contribution in [0, 0.1) is 0 Å². The number of anilines is 1. The van der Waals surface area contributed by atoms with Crippen LogP contribution in [0.4, 0.5) is 5.69 Å². The Balaban J connectivity index is 1.53. The first-order valence-corrected chi connectivity index (χ1v) is 11.1. The molecule has 2 heterocycles. The number of nitrogens with zero attached hydrogens (tertiary/aromatic N) is 2. The summed E-state index contributed by atoms with van der Waals surface area (Å²) in [6.45, 7) is 2.02. The van der Waals surface area contributed by atoms with Crippen molar-refractivity contribution in [3.8, 4) is 0 Å². The van der Waals surface area contributed by atoms with Crippen LogP contribution in [0.15, 0.2) is 47.3 Å². The third-order valence-corrected chi connectivity index (χ3v) is 5.69. The maximum atomic E-state index is 12.9. The Hall–Kier alpha value is -3.81. The Morgan fingerprint density at radius 3 is 2.64 bits per heavy atom. The van der Waals surface area contributed by atoms with Gasteiger partial charge >= 0.3 is 5.97 Å². The number of carbonyl (C=O) groups is 3. The zero-order chi connectivity index (χ0) is 23.4. The van der Waals surface area contributed by atoms with E-state index in [1.54, 1.807) is 42.5 Å². The van der Waals surface area contributed by atoms with Gasteiger partial charge in [-0.2, -0.15) is 5.10 Å². The number of aryl methyl sites for hydroxylation is 2. The molecule has 1 aromatic heterocycles. The number of carbonyl (C=O) groups excluding carboxylic acids is 3. The van der Waals surface area contributed by atoms with Crippen LogP contribution in [0.3, 0.4) is 0 Å². The number of aromatic nitrogens is 2. The smallest absolute Gasteiger partial charge is 0.359 e. The number of nitrogens with one attached hydrogen (secondary N) is 1. The van der Waals surface area contributed by atoms with E-state index in [4.69, 9.17) is 4.74 Å². The zero-order valence-corrected chi connectivity index (χ0v) is 18.4. The molecule has 4 rings (SSSR count). The molecule has 33 heavy (non-hydrogen) atoms. The van der Waals surface area contributed by atoms with Gasteiger partial charge in [0.15, 0.2) is 18.1 Å². The van der Waals surface area contributed by atoms with E-state index in [2.05, 4.69) is 17.3 Å². The van der Waals surface area contributed by atoms with Gasteiger partial charge in [0, 0.05) is 29.6 Å². The van der Waals surface area contributed by atoms with Crippen LogP contribution in [0.2, 0.25) is 0 Å². The van der Waals surface area contributed by atoms with E-state index in [-0.39, 0.29) is 22.9 Å². The van der Waals surface area contributed by atoms with Gasteiger partial charge in [0.2, 0.25) is 5.91 Å². The highest BCUT2D eigenvalue weighted by molar-refractivity contribution is 6.04. The van der Waals surface area contributed by atoms with Gasteiger partial charge in [0.1, 0.15) is 0 Å². The van der Waals surface area contributed by atoms with Crippen molar-refractivity contribution in [1.82, 2.24) is 9.78 Å². The molecule has 0 saturated heterocycles. The second kappa shape index (κ2) is 9.77. The van der Waals surface area contributed by atoms with Crippen molar-refractivity contribution in [3.05, 3.63) is 69.6 Å². The highest BCUT2D eigenvalue weighted by Gasteiger charge is 2.21. The minimum atomic E-state index is -0.756. The number of ether oxygens (including phenoxy) is 1. The van der Waals surface area contributed by atoms with Crippen LogP contribution in [0.1, 0.15) is 59.0 Å². The summed E-state index contributed by atoms with van der Waals surface area (Å²) in [7, 11) is 0. The van der Waals surface area contributed by atoms with Gasteiger partial charge in [-0.3, -0.25) is 14.4 Å². The molecule has 0 bridgehead atoms. The van der Waals surface area contributed by atoms with Crippen LogP contribution in [-0.4, -0.2) is 34.0 Å². The Bertz CT molecular complexity index is 1290. The second-order valence-corrected chi connectivity index (χ2v) is 8.05. The van der Waals surface area contributed by atoms with Crippen molar-refractivity contribution in [3.63, 3.8) is 0 Å². The van der Waals surface area contributed by atoms with Crippen LogP contribution >= 0.6 is 0 Å². The van der Waals surface area contributed by atoms with Crippen molar-refractivity contribution in [2.75, 3.05) is 11.9 Å². The summed E-state index contributed by atoms with van der Waals surface area (Å²) in [6.07, 6.45) is 3.63. The first-order chi connectivity index (χ1) is 16.0. The molecule has 0 atom stereocenters. The van der Waals surface area contributed by atoms with E-state index in [1.165, 1.54) is 4.68 Å². The first-order valence-electron chi connectivity index (χ1n) is 11.1. The summed E-state index contributed by atoms with van der Waals surface area (Å²) in [5.74, 6) is -1.16. The zero-order valence-electron chi connectivity index (χ0n) is 18.4. The quantitative estimate of drug-likeness (QED) is 0.322. The summed E-state index contributed by atoms with van der Waals surface area (Å²) in [5, 5.41) is 7.82. The standard InChI is InChI=1S/C25H25N3O5/c1-2-3-6-13-28-24(31)19-8-5-4-7-18(19)23(27-28)25(32)33-15-21(29)17-9-11-20-16(14-17)10-12-22(30)26-20/h4-5,7-9,11,14H,2-3,6,10,12-13,15H2,1H3,(H,26,30). The predicted molar refractivity (Wildman–Crippen MR) is 124 cm³/mol. The van der Waals surface area contributed by atoms with Crippen LogP contribution in [0.25, 0.3) is 10.8 Å². The van der Waals surface area contributed by atoms with E-state index in [9.17, 15) is 19.2 Å². The summed E-state index contributed by atoms with van der Waals surface area (Å²) < 4.78 is 6.60. The van der Waals surface area contributed by atoms with Crippen LogP contribution in [0.5, 0.6) is 0 Å². The fourth-order valence-corrected chi connectivity index (χ4v) is 3.89. The normalized spacial score (nSPS) is 12.8. The lowest BCUT2D eigenvalue weighted by Gasteiger charge is -2.17. The van der Waals surface area contributed by atoms with E-state index in [0.29, 0.717) is 41.4 Å². The summed E-state index contributed by atoms with van der Waals surface area (Å²) >= 11 is 0. The number of Topliss-reactive ketones (excluding diaryl/α,β-unsaturated/α-hetero) is 1. The number of fused-ring (bicyclic) bond motifs is 2. The largest absolute Gasteiger partial charge is 0.452 e. The molecule has 1 amide bonds. The van der Waals surface area contributed by atoms with E-state index < -0.39 is 12.6 Å². The SMILES string of the molecule is CCCCCn1nc(C(=O)OCC(=O)c2ccc3c(c2)CCC(=O)N3)c2ccccc2c1=O. The second-order valence-electron chi connectivity index (χ2n) is 8.05. The number of esters is 1. The maximum absolute atomic E-state index is 12.9. The average Bonchev–Trinajstić information content (AvgIpc) is 2.83. The number of unbranched alkanes of at least 4 members (excludes halogenated alkanes) is 2. The molecular formula is C25H25N3O5. The van der Waals surface area contributed by atoms with Crippen molar-refractivity contribution >= 4 is 34.1 Å². The topological polar surface area (TPSA) is 107 Å². The number of hydrogen-bond donors (Lipinski definition) is 1. The van der Waals surface area contributed by atoms with Crippen molar-refractivity contribution in [2.24, 2.45) is 0 Å². The fourth-order valence-electron chi connectivity index (χ4n) is 3.89. The molecule has 1 aliphatic rings. The monoisotopic (exact) mass is 447 g/mol. The molecule has 0 spiro atoms. The van der Waals surface area contributed by atoms with Crippen LogP contribution < -0.4 is 10.9 Å². The molecule has 8 nitrogen and oxygen atoms in total. The summed E-state index contributed by atoms with van der Waals surface area (Å²) in [5.41, 5.74) is 1.73. The average molecular weight is 447 g/mol. The molecule has 0 fully saturated rings. The van der Waals surface area contributed by atoms with Crippen molar-refractivity contribution < 1.29 is 19.1 Å². The highest BCUT2D eigenvalue weighted by Crippen LogP contribution is 2.24. The number of amides is 1. The predicted octanol–water partition coefficient (Wildman–Crippen LogP) is 3.51. The van der Waals surface area contributed by atoms with Gasteiger partial charge in [-0.15, -0.1) is 0 Å². The number of benzene rings is 2. The molecule has 8 heteroatoms. The fraction of sp³-hybridized carbons (Fsp3) is 0.320. The molecule has 1 N–H and O–H groups in total. The Kier molecular flexibility index (Phi) is 6.63. The van der Waals surface area contributed by atoms with E-state index in [0.717, 1.165) is 24.8 Å². The molecule has 170 valence electrons. The van der Waals surface area contributed by atoms with Crippen molar-refractivity contribution in [1.29, 1.82) is 0 Å². The number of hydrogen-bond acceptors (Lipinski definition) is 6. The lowest BCUT2D eigenvalue weighted by molar-refractivity contribution is -0.116. The van der Waals surface area contributed by atoms with Gasteiger partial charge in [-0.05, 0) is 42.7 Å². The minimum Gasteiger partial charge on any atom is -0.452 e. The number of rotatable bonds is 8. The molecule has 0 aliphatic carbocycles. The Labute approximate surface area is 190 Å². The summed E-state index contributed by atoms with van der Waals surface area (Å²) in [6, 6.07) is 11.8. The van der Waals surface area contributed by atoms with Gasteiger partial charge in [-0.1, -0.05) is 38.0 Å². The lowest BCUT2D eigenvalue weighted by atomic mass is 9.99. The first kappa shape index (κ1) is 22.4. The highest BCUT2D eigenvalue weighted by atomic mass is 16.5. The number of ketones is 1. The molecule has 1 aliphatic heterocycles. The van der Waals surface area contributed by atoms with E-state index in [1.807, 2.05) is 0 Å². The lowest BCUT2D eigenvalue weighted by Crippen LogP contribution is -2.27. The molecule has 0 radical (unpaired) electrons. The Morgan fingerprint density at radius 2 is 1.85 bits per heavy atom. The van der Waals surface area contributed by atoms with Gasteiger partial charge < -0.3 is 10.1 Å². The molecular weight excluding hydrogens is 422 g/mol. The third kappa shape index (κ3) is 4.84. The Morgan fingerprint density at radius 1 is 1.06 bits per heavy atom. The molecule has 0 saturated carbocycles. The molecule has 2 aromatic carbocycles. The van der Waals surface area contributed by atoms with Gasteiger partial charge in [0.25, 0.3) is 5.56 Å². The third-order valence-electron chi connectivity index (χ3n) is 5.69. The van der Waals surface area contributed by atoms with E-state index >= 15 is 0 Å². The van der Waals surface area contributed by atoms with Gasteiger partial charge in [-0.25, -0.2) is 9.48 Å².